The molecular weight excluding hydrogens is 336 g/mol. The molecule has 0 aromatic heterocycles. The van der Waals surface area contributed by atoms with Gasteiger partial charge in [-0.1, -0.05) is 6.07 Å². The number of morpholine rings is 1. The molecule has 8 nitrogen and oxygen atoms in total. The van der Waals surface area contributed by atoms with Crippen molar-refractivity contribution in [1.82, 2.24) is 15.5 Å². The number of benzene rings is 1. The van der Waals surface area contributed by atoms with Gasteiger partial charge in [0.2, 0.25) is 5.91 Å². The number of hydrogen-bond acceptors (Lipinski definition) is 5. The van der Waals surface area contributed by atoms with Gasteiger partial charge in [0.25, 0.3) is 0 Å². The van der Waals surface area contributed by atoms with Crippen LogP contribution in [0.3, 0.4) is 0 Å². The van der Waals surface area contributed by atoms with Crippen LogP contribution in [0.4, 0.5) is 10.5 Å². The van der Waals surface area contributed by atoms with Crippen molar-refractivity contribution in [2.75, 3.05) is 57.9 Å². The average molecular weight is 362 g/mol. The highest BCUT2D eigenvalue weighted by molar-refractivity contribution is 5.97. The molecule has 3 amide bonds. The van der Waals surface area contributed by atoms with E-state index in [0.29, 0.717) is 25.3 Å². The lowest BCUT2D eigenvalue weighted by Crippen LogP contribution is -2.46. The first-order valence-electron chi connectivity index (χ1n) is 8.94. The Labute approximate surface area is 153 Å². The molecule has 2 N–H and O–H groups in total. The number of ether oxygens (including phenoxy) is 2. The van der Waals surface area contributed by atoms with Crippen LogP contribution in [0.5, 0.6) is 5.75 Å². The van der Waals surface area contributed by atoms with E-state index in [1.807, 2.05) is 24.3 Å². The molecule has 0 bridgehead atoms. The standard InChI is InChI=1S/C18H26N4O4/c1-25-16-4-2-3-15(12-16)22-13-14(11-17(22)23)20-18(24)19-5-6-21-7-9-26-10-8-21/h2-4,12,14H,5-11,13H2,1H3,(H2,19,20,24). The highest BCUT2D eigenvalue weighted by Crippen LogP contribution is 2.25. The number of nitrogens with one attached hydrogen (secondary N) is 2. The summed E-state index contributed by atoms with van der Waals surface area (Å²) in [6, 6.07) is 6.94. The van der Waals surface area contributed by atoms with Crippen molar-refractivity contribution in [2.45, 2.75) is 12.5 Å². The van der Waals surface area contributed by atoms with Gasteiger partial charge < -0.3 is 25.0 Å². The van der Waals surface area contributed by atoms with Crippen LogP contribution in [0.25, 0.3) is 0 Å². The molecule has 1 atom stereocenters. The zero-order valence-electron chi connectivity index (χ0n) is 15.1. The van der Waals surface area contributed by atoms with Gasteiger partial charge in [0.05, 0.1) is 26.4 Å². The molecular formula is C18H26N4O4. The van der Waals surface area contributed by atoms with E-state index in [4.69, 9.17) is 9.47 Å². The minimum absolute atomic E-state index is 0.00290. The van der Waals surface area contributed by atoms with Crippen molar-refractivity contribution in [3.63, 3.8) is 0 Å². The van der Waals surface area contributed by atoms with E-state index >= 15 is 0 Å². The minimum atomic E-state index is -0.233. The second-order valence-corrected chi connectivity index (χ2v) is 6.46. The van der Waals surface area contributed by atoms with E-state index in [9.17, 15) is 9.59 Å². The van der Waals surface area contributed by atoms with Crippen LogP contribution in [0.1, 0.15) is 6.42 Å². The number of rotatable bonds is 6. The molecule has 2 aliphatic rings. The number of anilines is 1. The van der Waals surface area contributed by atoms with Gasteiger partial charge in [-0.15, -0.1) is 0 Å². The first-order valence-corrected chi connectivity index (χ1v) is 8.94. The van der Waals surface area contributed by atoms with Crippen molar-refractivity contribution in [3.8, 4) is 5.75 Å². The third-order valence-electron chi connectivity index (χ3n) is 4.64. The lowest BCUT2D eigenvalue weighted by Gasteiger charge is -2.26. The average Bonchev–Trinajstić information content (AvgIpc) is 3.02. The summed E-state index contributed by atoms with van der Waals surface area (Å²) in [7, 11) is 1.59. The molecule has 2 fully saturated rings. The van der Waals surface area contributed by atoms with E-state index < -0.39 is 0 Å². The fraction of sp³-hybridized carbons (Fsp3) is 0.556. The van der Waals surface area contributed by atoms with E-state index in [-0.39, 0.29) is 18.0 Å². The maximum atomic E-state index is 12.3. The third-order valence-corrected chi connectivity index (χ3v) is 4.64. The maximum absolute atomic E-state index is 12.3. The molecule has 2 saturated heterocycles. The van der Waals surface area contributed by atoms with Gasteiger partial charge in [-0.05, 0) is 12.1 Å². The molecule has 2 aliphatic heterocycles. The van der Waals surface area contributed by atoms with Gasteiger partial charge in [0, 0.05) is 50.9 Å². The lowest BCUT2D eigenvalue weighted by atomic mass is 10.2. The smallest absolute Gasteiger partial charge is 0.315 e. The maximum Gasteiger partial charge on any atom is 0.315 e. The highest BCUT2D eigenvalue weighted by Gasteiger charge is 2.31. The molecule has 0 saturated carbocycles. The normalized spacial score (nSPS) is 20.9. The highest BCUT2D eigenvalue weighted by atomic mass is 16.5. The number of urea groups is 1. The van der Waals surface area contributed by atoms with Gasteiger partial charge in [-0.2, -0.15) is 0 Å². The van der Waals surface area contributed by atoms with Crippen LogP contribution in [-0.2, 0) is 9.53 Å². The summed E-state index contributed by atoms with van der Waals surface area (Å²) in [5, 5.41) is 5.75. The fourth-order valence-corrected chi connectivity index (χ4v) is 3.22. The summed E-state index contributed by atoms with van der Waals surface area (Å²) in [4.78, 5) is 28.3. The third kappa shape index (κ3) is 4.86. The quantitative estimate of drug-likeness (QED) is 0.767. The molecule has 8 heteroatoms. The zero-order valence-corrected chi connectivity index (χ0v) is 15.1. The van der Waals surface area contributed by atoms with Crippen molar-refractivity contribution >= 4 is 17.6 Å². The number of carbonyl (C=O) groups excluding carboxylic acids is 2. The van der Waals surface area contributed by atoms with Crippen molar-refractivity contribution in [3.05, 3.63) is 24.3 Å². The lowest BCUT2D eigenvalue weighted by molar-refractivity contribution is -0.117. The van der Waals surface area contributed by atoms with Gasteiger partial charge in [-0.25, -0.2) is 4.79 Å². The van der Waals surface area contributed by atoms with Gasteiger partial charge in [0.15, 0.2) is 0 Å². The van der Waals surface area contributed by atoms with Gasteiger partial charge in [-0.3, -0.25) is 9.69 Å². The number of nitrogens with zero attached hydrogens (tertiary/aromatic N) is 2. The summed E-state index contributed by atoms with van der Waals surface area (Å²) < 4.78 is 10.5. The van der Waals surface area contributed by atoms with Crippen LogP contribution in [0.15, 0.2) is 24.3 Å². The van der Waals surface area contributed by atoms with Crippen LogP contribution >= 0.6 is 0 Å². The summed E-state index contributed by atoms with van der Waals surface area (Å²) >= 11 is 0. The summed E-state index contributed by atoms with van der Waals surface area (Å²) in [5.74, 6) is 0.699. The van der Waals surface area contributed by atoms with Crippen LogP contribution in [0.2, 0.25) is 0 Å². The fourth-order valence-electron chi connectivity index (χ4n) is 3.22. The number of carbonyl (C=O) groups is 2. The molecule has 0 spiro atoms. The molecule has 1 unspecified atom stereocenters. The Bertz CT molecular complexity index is 633. The van der Waals surface area contributed by atoms with Crippen molar-refractivity contribution in [1.29, 1.82) is 0 Å². The van der Waals surface area contributed by atoms with E-state index in [2.05, 4.69) is 15.5 Å². The Morgan fingerprint density at radius 3 is 2.92 bits per heavy atom. The predicted octanol–water partition coefficient (Wildman–Crippen LogP) is 0.432. The Balaban J connectivity index is 1.43. The van der Waals surface area contributed by atoms with Gasteiger partial charge in [0.1, 0.15) is 5.75 Å². The Morgan fingerprint density at radius 1 is 1.35 bits per heavy atom. The Morgan fingerprint density at radius 2 is 2.15 bits per heavy atom. The molecule has 26 heavy (non-hydrogen) atoms. The monoisotopic (exact) mass is 362 g/mol. The second kappa shape index (κ2) is 8.86. The van der Waals surface area contributed by atoms with Crippen LogP contribution in [-0.4, -0.2) is 75.9 Å². The molecule has 0 radical (unpaired) electrons. The summed E-state index contributed by atoms with van der Waals surface area (Å²) in [5.41, 5.74) is 0.784. The van der Waals surface area contributed by atoms with E-state index in [1.165, 1.54) is 0 Å². The summed E-state index contributed by atoms with van der Waals surface area (Å²) in [6.07, 6.45) is 0.300. The van der Waals surface area contributed by atoms with Crippen molar-refractivity contribution < 1.29 is 19.1 Å². The zero-order chi connectivity index (χ0) is 18.4. The first-order chi connectivity index (χ1) is 12.7. The molecule has 142 valence electrons. The number of methoxy groups -OCH3 is 1. The van der Waals surface area contributed by atoms with Crippen LogP contribution in [0, 0.1) is 0 Å². The molecule has 3 rings (SSSR count). The first kappa shape index (κ1) is 18.5. The molecule has 2 heterocycles. The Hall–Kier alpha value is -2.32. The Kier molecular flexibility index (Phi) is 6.30. The van der Waals surface area contributed by atoms with Crippen molar-refractivity contribution in [2.24, 2.45) is 0 Å². The molecule has 1 aromatic rings. The van der Waals surface area contributed by atoms with Gasteiger partial charge >= 0.3 is 6.03 Å². The summed E-state index contributed by atoms with van der Waals surface area (Å²) in [6.45, 7) is 5.13. The molecule has 1 aromatic carbocycles. The number of amides is 3. The van der Waals surface area contributed by atoms with E-state index in [0.717, 1.165) is 38.5 Å². The van der Waals surface area contributed by atoms with Crippen LogP contribution < -0.4 is 20.3 Å². The predicted molar refractivity (Wildman–Crippen MR) is 97.5 cm³/mol. The molecule has 0 aliphatic carbocycles. The van der Waals surface area contributed by atoms with E-state index in [1.54, 1.807) is 12.0 Å². The second-order valence-electron chi connectivity index (χ2n) is 6.46. The number of hydrogen-bond donors (Lipinski definition) is 2. The largest absolute Gasteiger partial charge is 0.497 e. The SMILES string of the molecule is COc1cccc(N2CC(NC(=O)NCCN3CCOCC3)CC2=O)c1. The minimum Gasteiger partial charge on any atom is -0.497 e. The topological polar surface area (TPSA) is 83.1 Å².